The molecule has 1 heterocycles. The SMILES string of the molecule is Cc1cccc(C(=O)N2C(=S)C(c3cccc(Cl)c3)=NC23CCCCCC3)c1. The van der Waals surface area contributed by atoms with E-state index in [1.807, 2.05) is 55.5 Å². The number of benzene rings is 2. The number of hydrogen-bond acceptors (Lipinski definition) is 3. The molecular weight excluding hydrogens is 388 g/mol. The van der Waals surface area contributed by atoms with Crippen LogP contribution in [0, 0.1) is 6.92 Å². The first kappa shape index (κ1) is 19.3. The molecule has 0 unspecified atom stereocenters. The van der Waals surface area contributed by atoms with Crippen LogP contribution in [0.3, 0.4) is 0 Å². The zero-order valence-corrected chi connectivity index (χ0v) is 17.5. The fourth-order valence-corrected chi connectivity index (χ4v) is 4.85. The van der Waals surface area contributed by atoms with Crippen LogP contribution in [0.15, 0.2) is 53.5 Å². The van der Waals surface area contributed by atoms with Gasteiger partial charge in [0, 0.05) is 16.1 Å². The first-order chi connectivity index (χ1) is 13.5. The van der Waals surface area contributed by atoms with E-state index in [-0.39, 0.29) is 5.91 Å². The Morgan fingerprint density at radius 3 is 2.46 bits per heavy atom. The van der Waals surface area contributed by atoms with Crippen LogP contribution >= 0.6 is 23.8 Å². The molecule has 0 aromatic heterocycles. The maximum Gasteiger partial charge on any atom is 0.260 e. The third kappa shape index (κ3) is 3.51. The second-order valence-electron chi connectivity index (χ2n) is 7.68. The van der Waals surface area contributed by atoms with Crippen LogP contribution in [-0.4, -0.2) is 27.2 Å². The molecule has 0 radical (unpaired) electrons. The van der Waals surface area contributed by atoms with Gasteiger partial charge in [-0.1, -0.05) is 66.5 Å². The molecule has 1 saturated carbocycles. The highest BCUT2D eigenvalue weighted by Gasteiger charge is 2.48. The average molecular weight is 411 g/mol. The van der Waals surface area contributed by atoms with Gasteiger partial charge < -0.3 is 0 Å². The van der Waals surface area contributed by atoms with E-state index in [2.05, 4.69) is 0 Å². The van der Waals surface area contributed by atoms with Crippen LogP contribution in [0.5, 0.6) is 0 Å². The number of carbonyl (C=O) groups is 1. The summed E-state index contributed by atoms with van der Waals surface area (Å²) in [6.45, 7) is 1.99. The summed E-state index contributed by atoms with van der Waals surface area (Å²) in [6, 6.07) is 15.3. The Bertz CT molecular complexity index is 961. The smallest absolute Gasteiger partial charge is 0.260 e. The van der Waals surface area contributed by atoms with Gasteiger partial charge in [0.2, 0.25) is 0 Å². The number of hydrogen-bond donors (Lipinski definition) is 0. The van der Waals surface area contributed by atoms with Gasteiger partial charge in [-0.05, 0) is 56.9 Å². The highest BCUT2D eigenvalue weighted by atomic mass is 35.5. The normalized spacial score (nSPS) is 18.9. The van der Waals surface area contributed by atoms with E-state index in [1.54, 1.807) is 4.90 Å². The van der Waals surface area contributed by atoms with Crippen LogP contribution in [0.2, 0.25) is 5.02 Å². The monoisotopic (exact) mass is 410 g/mol. The molecule has 2 aromatic rings. The van der Waals surface area contributed by atoms with Crippen molar-refractivity contribution in [3.8, 4) is 0 Å². The molecule has 1 spiro atoms. The van der Waals surface area contributed by atoms with Crippen LogP contribution in [0.1, 0.15) is 60.0 Å². The lowest BCUT2D eigenvalue weighted by molar-refractivity contribution is 0.0691. The van der Waals surface area contributed by atoms with E-state index in [4.69, 9.17) is 28.8 Å². The molecule has 1 amide bonds. The fourth-order valence-electron chi connectivity index (χ4n) is 4.24. The first-order valence-corrected chi connectivity index (χ1v) is 10.6. The molecule has 2 aliphatic rings. The number of rotatable bonds is 2. The zero-order chi connectivity index (χ0) is 19.7. The molecule has 1 fully saturated rings. The van der Waals surface area contributed by atoms with Gasteiger partial charge in [-0.3, -0.25) is 14.7 Å². The fraction of sp³-hybridized carbons (Fsp3) is 0.348. The Hall–Kier alpha value is -2.04. The Kier molecular flexibility index (Phi) is 5.35. The lowest BCUT2D eigenvalue weighted by atomic mass is 9.98. The Morgan fingerprint density at radius 1 is 1.07 bits per heavy atom. The van der Waals surface area contributed by atoms with Crippen molar-refractivity contribution in [2.45, 2.75) is 51.1 Å². The quantitative estimate of drug-likeness (QED) is 0.571. The molecule has 5 heteroatoms. The minimum atomic E-state index is -0.577. The van der Waals surface area contributed by atoms with Crippen molar-refractivity contribution >= 4 is 40.4 Å². The number of carbonyl (C=O) groups excluding carboxylic acids is 1. The summed E-state index contributed by atoms with van der Waals surface area (Å²) in [5.41, 5.74) is 2.72. The van der Waals surface area contributed by atoms with E-state index < -0.39 is 5.66 Å². The lowest BCUT2D eigenvalue weighted by Gasteiger charge is -2.35. The number of aryl methyl sites for hydroxylation is 1. The number of thiocarbonyl (C=S) groups is 1. The minimum absolute atomic E-state index is 0.0589. The summed E-state index contributed by atoms with van der Waals surface area (Å²) < 4.78 is 0. The molecule has 0 atom stereocenters. The summed E-state index contributed by atoms with van der Waals surface area (Å²) in [6.07, 6.45) is 6.12. The van der Waals surface area contributed by atoms with E-state index >= 15 is 0 Å². The second-order valence-corrected chi connectivity index (χ2v) is 8.51. The number of nitrogens with zero attached hydrogens (tertiary/aromatic N) is 2. The Morgan fingerprint density at radius 2 is 1.79 bits per heavy atom. The van der Waals surface area contributed by atoms with Crippen molar-refractivity contribution in [1.82, 2.24) is 4.90 Å². The third-order valence-corrected chi connectivity index (χ3v) is 6.22. The number of halogens is 1. The molecule has 28 heavy (non-hydrogen) atoms. The van der Waals surface area contributed by atoms with Crippen LogP contribution < -0.4 is 0 Å². The molecule has 2 aromatic carbocycles. The number of amides is 1. The van der Waals surface area contributed by atoms with E-state index in [9.17, 15) is 4.79 Å². The minimum Gasteiger partial charge on any atom is -0.271 e. The van der Waals surface area contributed by atoms with Crippen molar-refractivity contribution in [2.75, 3.05) is 0 Å². The molecule has 3 nitrogen and oxygen atoms in total. The van der Waals surface area contributed by atoms with Crippen molar-refractivity contribution in [3.05, 3.63) is 70.2 Å². The van der Waals surface area contributed by atoms with Gasteiger partial charge in [0.05, 0.1) is 0 Å². The average Bonchev–Trinajstić information content (AvgIpc) is 2.81. The summed E-state index contributed by atoms with van der Waals surface area (Å²) >= 11 is 12.0. The highest BCUT2D eigenvalue weighted by Crippen LogP contribution is 2.40. The van der Waals surface area contributed by atoms with Gasteiger partial charge >= 0.3 is 0 Å². The van der Waals surface area contributed by atoms with Crippen molar-refractivity contribution in [3.63, 3.8) is 0 Å². The first-order valence-electron chi connectivity index (χ1n) is 9.82. The highest BCUT2D eigenvalue weighted by molar-refractivity contribution is 7.82. The lowest BCUT2D eigenvalue weighted by Crippen LogP contribution is -2.49. The van der Waals surface area contributed by atoms with Gasteiger partial charge in [-0.15, -0.1) is 0 Å². The Balaban J connectivity index is 1.80. The van der Waals surface area contributed by atoms with Crippen LogP contribution in [0.25, 0.3) is 0 Å². The van der Waals surface area contributed by atoms with Gasteiger partial charge in [-0.25, -0.2) is 0 Å². The van der Waals surface area contributed by atoms with Gasteiger partial charge in [-0.2, -0.15) is 0 Å². The molecule has 1 aliphatic heterocycles. The predicted molar refractivity (Wildman–Crippen MR) is 118 cm³/mol. The summed E-state index contributed by atoms with van der Waals surface area (Å²) in [7, 11) is 0. The molecule has 1 aliphatic carbocycles. The molecule has 0 bridgehead atoms. The van der Waals surface area contributed by atoms with E-state index in [1.165, 1.54) is 12.8 Å². The second kappa shape index (κ2) is 7.76. The summed E-state index contributed by atoms with van der Waals surface area (Å²) in [4.78, 5) is 21.0. The van der Waals surface area contributed by atoms with Crippen LogP contribution in [-0.2, 0) is 0 Å². The standard InChI is InChI=1S/C23H23ClN2OS/c1-16-8-6-10-18(14-16)21(27)26-22(28)20(17-9-7-11-19(24)15-17)25-23(26)12-4-2-3-5-13-23/h6-11,14-15H,2-5,12-13H2,1H3. The van der Waals surface area contributed by atoms with Gasteiger partial charge in [0.1, 0.15) is 16.4 Å². The summed E-state index contributed by atoms with van der Waals surface area (Å²) in [5.74, 6) is -0.0589. The molecule has 0 saturated heterocycles. The topological polar surface area (TPSA) is 32.7 Å². The maximum atomic E-state index is 13.6. The van der Waals surface area contributed by atoms with Crippen LogP contribution in [0.4, 0.5) is 0 Å². The Labute approximate surface area is 176 Å². The summed E-state index contributed by atoms with van der Waals surface area (Å²) in [5, 5.41) is 0.640. The van der Waals surface area contributed by atoms with Crippen molar-refractivity contribution in [2.24, 2.45) is 4.99 Å². The van der Waals surface area contributed by atoms with Gasteiger partial charge in [0.15, 0.2) is 0 Å². The largest absolute Gasteiger partial charge is 0.271 e. The molecule has 144 valence electrons. The molecule has 0 N–H and O–H groups in total. The molecular formula is C23H23ClN2OS. The predicted octanol–water partition coefficient (Wildman–Crippen LogP) is 5.97. The van der Waals surface area contributed by atoms with Crippen molar-refractivity contribution < 1.29 is 4.79 Å². The van der Waals surface area contributed by atoms with E-state index in [0.717, 1.165) is 36.8 Å². The number of aliphatic imine (C=N–C) groups is 1. The van der Waals surface area contributed by atoms with Gasteiger partial charge in [0.25, 0.3) is 5.91 Å². The zero-order valence-electron chi connectivity index (χ0n) is 16.0. The molecule has 4 rings (SSSR count). The maximum absolute atomic E-state index is 13.6. The van der Waals surface area contributed by atoms with E-state index in [0.29, 0.717) is 21.3 Å². The van der Waals surface area contributed by atoms with Crippen molar-refractivity contribution in [1.29, 1.82) is 0 Å². The third-order valence-electron chi connectivity index (χ3n) is 5.61.